The summed E-state index contributed by atoms with van der Waals surface area (Å²) in [6.45, 7) is 3.99. The number of carbonyl (C=O) groups excluding carboxylic acids is 1. The predicted octanol–water partition coefficient (Wildman–Crippen LogP) is 1.44. The summed E-state index contributed by atoms with van der Waals surface area (Å²) in [5.41, 5.74) is 5.48. The van der Waals surface area contributed by atoms with Gasteiger partial charge in [0.2, 0.25) is 5.91 Å². The van der Waals surface area contributed by atoms with Crippen molar-refractivity contribution in [1.29, 1.82) is 0 Å². The fourth-order valence-corrected chi connectivity index (χ4v) is 3.14. The Morgan fingerprint density at radius 1 is 1.33 bits per heavy atom. The van der Waals surface area contributed by atoms with Gasteiger partial charge in [-0.15, -0.1) is 0 Å². The van der Waals surface area contributed by atoms with E-state index in [-0.39, 0.29) is 11.3 Å². The van der Waals surface area contributed by atoms with Crippen molar-refractivity contribution in [2.45, 2.75) is 51.5 Å². The first-order chi connectivity index (χ1) is 8.68. The summed E-state index contributed by atoms with van der Waals surface area (Å²) < 4.78 is 5.35. The summed E-state index contributed by atoms with van der Waals surface area (Å²) in [5.74, 6) is 0.754. The van der Waals surface area contributed by atoms with Gasteiger partial charge in [0.25, 0.3) is 0 Å². The van der Waals surface area contributed by atoms with Crippen LogP contribution < -0.4 is 11.1 Å². The Hall–Kier alpha value is -0.610. The Morgan fingerprint density at radius 3 is 2.61 bits per heavy atom. The van der Waals surface area contributed by atoms with E-state index in [1.54, 1.807) is 0 Å². The monoisotopic (exact) mass is 254 g/mol. The average molecular weight is 254 g/mol. The van der Waals surface area contributed by atoms with Gasteiger partial charge >= 0.3 is 0 Å². The van der Waals surface area contributed by atoms with Crippen LogP contribution >= 0.6 is 0 Å². The van der Waals surface area contributed by atoms with E-state index in [0.29, 0.717) is 31.7 Å². The van der Waals surface area contributed by atoms with E-state index in [0.717, 1.165) is 19.3 Å². The fourth-order valence-electron chi connectivity index (χ4n) is 3.14. The Morgan fingerprint density at radius 2 is 2.00 bits per heavy atom. The third-order valence-corrected chi connectivity index (χ3v) is 4.75. The molecule has 2 atom stereocenters. The van der Waals surface area contributed by atoms with Crippen LogP contribution in [0.4, 0.5) is 0 Å². The van der Waals surface area contributed by atoms with Crippen molar-refractivity contribution in [2.24, 2.45) is 17.1 Å². The highest BCUT2D eigenvalue weighted by molar-refractivity contribution is 5.83. The van der Waals surface area contributed by atoms with E-state index < -0.39 is 0 Å². The number of hydrogen-bond acceptors (Lipinski definition) is 3. The van der Waals surface area contributed by atoms with Gasteiger partial charge in [0.15, 0.2) is 0 Å². The van der Waals surface area contributed by atoms with Crippen LogP contribution in [-0.4, -0.2) is 31.7 Å². The van der Waals surface area contributed by atoms with Gasteiger partial charge in [0.05, 0.1) is 5.41 Å². The minimum Gasteiger partial charge on any atom is -0.381 e. The second-order valence-electron chi connectivity index (χ2n) is 5.94. The lowest BCUT2D eigenvalue weighted by Crippen LogP contribution is -2.53. The van der Waals surface area contributed by atoms with Crippen LogP contribution in [0.1, 0.15) is 45.4 Å². The summed E-state index contributed by atoms with van der Waals surface area (Å²) in [4.78, 5) is 12.5. The molecule has 1 saturated carbocycles. The molecule has 4 heteroatoms. The van der Waals surface area contributed by atoms with Crippen molar-refractivity contribution in [3.05, 3.63) is 0 Å². The largest absolute Gasteiger partial charge is 0.381 e. The van der Waals surface area contributed by atoms with Gasteiger partial charge in [-0.25, -0.2) is 0 Å². The molecule has 3 N–H and O–H groups in total. The van der Waals surface area contributed by atoms with E-state index in [1.165, 1.54) is 19.3 Å². The molecule has 2 aliphatic rings. The van der Waals surface area contributed by atoms with Crippen LogP contribution in [0.5, 0.6) is 0 Å². The van der Waals surface area contributed by atoms with Crippen LogP contribution in [0.2, 0.25) is 0 Å². The first kappa shape index (κ1) is 13.8. The van der Waals surface area contributed by atoms with E-state index in [2.05, 4.69) is 12.2 Å². The number of rotatable bonds is 3. The second kappa shape index (κ2) is 6.02. The molecule has 1 aliphatic carbocycles. The molecule has 1 heterocycles. The molecule has 2 rings (SSSR count). The molecule has 0 spiro atoms. The fraction of sp³-hybridized carbons (Fsp3) is 0.929. The molecule has 1 amide bonds. The molecule has 18 heavy (non-hydrogen) atoms. The first-order valence-corrected chi connectivity index (χ1v) is 7.27. The Kier molecular flexibility index (Phi) is 4.62. The number of carbonyl (C=O) groups is 1. The predicted molar refractivity (Wildman–Crippen MR) is 71.1 cm³/mol. The molecule has 104 valence electrons. The molecule has 0 aromatic heterocycles. The molecular weight excluding hydrogens is 228 g/mol. The number of amides is 1. The van der Waals surface area contributed by atoms with Crippen molar-refractivity contribution < 1.29 is 9.53 Å². The van der Waals surface area contributed by atoms with Crippen molar-refractivity contribution in [3.63, 3.8) is 0 Å². The Labute approximate surface area is 110 Å². The van der Waals surface area contributed by atoms with Gasteiger partial charge in [-0.2, -0.15) is 0 Å². The van der Waals surface area contributed by atoms with Crippen LogP contribution in [0.15, 0.2) is 0 Å². The van der Waals surface area contributed by atoms with Gasteiger partial charge < -0.3 is 15.8 Å². The van der Waals surface area contributed by atoms with E-state index in [1.807, 2.05) is 0 Å². The van der Waals surface area contributed by atoms with Crippen molar-refractivity contribution in [3.8, 4) is 0 Å². The topological polar surface area (TPSA) is 64.4 Å². The maximum atomic E-state index is 12.5. The summed E-state index contributed by atoms with van der Waals surface area (Å²) in [6.07, 6.45) is 6.39. The van der Waals surface area contributed by atoms with Crippen LogP contribution in [-0.2, 0) is 9.53 Å². The van der Waals surface area contributed by atoms with Crippen molar-refractivity contribution in [1.82, 2.24) is 5.32 Å². The van der Waals surface area contributed by atoms with Crippen LogP contribution in [0, 0.1) is 11.3 Å². The van der Waals surface area contributed by atoms with E-state index in [9.17, 15) is 4.79 Å². The SMILES string of the molecule is CC1CCCCC1NC(=O)C1(CN)CCOCC1. The van der Waals surface area contributed by atoms with E-state index >= 15 is 0 Å². The lowest BCUT2D eigenvalue weighted by Gasteiger charge is -2.38. The summed E-state index contributed by atoms with van der Waals surface area (Å²) in [6, 6.07) is 0.345. The maximum absolute atomic E-state index is 12.5. The van der Waals surface area contributed by atoms with Crippen LogP contribution in [0.25, 0.3) is 0 Å². The molecule has 0 radical (unpaired) electrons. The average Bonchev–Trinajstić information content (AvgIpc) is 2.42. The lowest BCUT2D eigenvalue weighted by atomic mass is 9.78. The third-order valence-electron chi connectivity index (χ3n) is 4.75. The number of hydrogen-bond donors (Lipinski definition) is 2. The molecule has 1 aliphatic heterocycles. The number of ether oxygens (including phenoxy) is 1. The summed E-state index contributed by atoms with van der Waals surface area (Å²) >= 11 is 0. The highest BCUT2D eigenvalue weighted by atomic mass is 16.5. The smallest absolute Gasteiger partial charge is 0.227 e. The molecule has 4 nitrogen and oxygen atoms in total. The highest BCUT2D eigenvalue weighted by Gasteiger charge is 2.40. The normalized spacial score (nSPS) is 31.9. The number of nitrogens with one attached hydrogen (secondary N) is 1. The van der Waals surface area contributed by atoms with Crippen LogP contribution in [0.3, 0.4) is 0 Å². The zero-order valence-corrected chi connectivity index (χ0v) is 11.4. The third kappa shape index (κ3) is 2.86. The molecule has 2 unspecified atom stereocenters. The van der Waals surface area contributed by atoms with Gasteiger partial charge in [0.1, 0.15) is 0 Å². The Bertz CT molecular complexity index is 288. The zero-order chi connectivity index (χ0) is 13.0. The first-order valence-electron chi connectivity index (χ1n) is 7.27. The zero-order valence-electron chi connectivity index (χ0n) is 11.4. The molecule has 0 aromatic carbocycles. The molecule has 1 saturated heterocycles. The van der Waals surface area contributed by atoms with E-state index in [4.69, 9.17) is 10.5 Å². The number of nitrogens with two attached hydrogens (primary N) is 1. The highest BCUT2D eigenvalue weighted by Crippen LogP contribution is 2.31. The Balaban J connectivity index is 1.96. The molecule has 2 fully saturated rings. The van der Waals surface area contributed by atoms with Crippen molar-refractivity contribution >= 4 is 5.91 Å². The van der Waals surface area contributed by atoms with Crippen molar-refractivity contribution in [2.75, 3.05) is 19.8 Å². The van der Waals surface area contributed by atoms with Gasteiger partial charge in [-0.05, 0) is 31.6 Å². The summed E-state index contributed by atoms with van der Waals surface area (Å²) in [7, 11) is 0. The van der Waals surface area contributed by atoms with Gasteiger partial charge in [-0.1, -0.05) is 19.8 Å². The minimum absolute atomic E-state index is 0.159. The standard InChI is InChI=1S/C14H26N2O2/c1-11-4-2-3-5-12(11)16-13(17)14(10-15)6-8-18-9-7-14/h11-12H,2-10,15H2,1H3,(H,16,17). The molecular formula is C14H26N2O2. The minimum atomic E-state index is -0.380. The maximum Gasteiger partial charge on any atom is 0.227 e. The van der Waals surface area contributed by atoms with Gasteiger partial charge in [0, 0.05) is 25.8 Å². The van der Waals surface area contributed by atoms with Gasteiger partial charge in [-0.3, -0.25) is 4.79 Å². The molecule has 0 aromatic rings. The quantitative estimate of drug-likeness (QED) is 0.801. The molecule has 0 bridgehead atoms. The summed E-state index contributed by atoms with van der Waals surface area (Å²) in [5, 5.41) is 3.26. The second-order valence-corrected chi connectivity index (χ2v) is 5.94. The lowest BCUT2D eigenvalue weighted by molar-refractivity contribution is -0.137.